The Kier molecular flexibility index (Phi) is 5.95. The van der Waals surface area contributed by atoms with E-state index in [4.69, 9.17) is 10.2 Å². The number of nitrogens with one attached hydrogen (secondary N) is 2. The van der Waals surface area contributed by atoms with Crippen LogP contribution in [0.25, 0.3) is 0 Å². The van der Waals surface area contributed by atoms with E-state index in [1.54, 1.807) is 0 Å². The molecule has 2 amide bonds. The van der Waals surface area contributed by atoms with E-state index >= 15 is 0 Å². The molecule has 0 unspecified atom stereocenters. The lowest BCUT2D eigenvalue weighted by molar-refractivity contribution is -0.141. The number of hydrogen-bond acceptors (Lipinski definition) is 3. The van der Waals surface area contributed by atoms with Crippen molar-refractivity contribution in [3.63, 3.8) is 0 Å². The molecule has 0 aliphatic carbocycles. The first-order chi connectivity index (χ1) is 6.84. The van der Waals surface area contributed by atoms with Gasteiger partial charge in [-0.05, 0) is 6.92 Å². The van der Waals surface area contributed by atoms with Crippen LogP contribution in [-0.4, -0.2) is 40.9 Å². The summed E-state index contributed by atoms with van der Waals surface area (Å²) in [6.45, 7) is 4.94. The van der Waals surface area contributed by atoms with E-state index in [2.05, 4.69) is 33.1 Å². The SMILES string of the molecule is C=C(Br)CNC(=O)N[C@H](C(=O)O)[C@@H](C)O. The van der Waals surface area contributed by atoms with Crippen LogP contribution in [0.15, 0.2) is 11.1 Å². The van der Waals surface area contributed by atoms with Crippen molar-refractivity contribution >= 4 is 27.9 Å². The molecule has 0 rings (SSSR count). The van der Waals surface area contributed by atoms with Crippen LogP contribution < -0.4 is 10.6 Å². The number of aliphatic hydroxyl groups excluding tert-OH is 1. The maximum Gasteiger partial charge on any atom is 0.328 e. The highest BCUT2D eigenvalue weighted by atomic mass is 79.9. The van der Waals surface area contributed by atoms with Crippen LogP contribution in [0.4, 0.5) is 4.79 Å². The van der Waals surface area contributed by atoms with Gasteiger partial charge in [0.15, 0.2) is 6.04 Å². The molecule has 0 aliphatic rings. The standard InChI is InChI=1S/C8H13BrN2O4/c1-4(9)3-10-8(15)11-6(5(2)12)7(13)14/h5-6,12H,1,3H2,2H3,(H,13,14)(H2,10,11,15)/t5-,6+/m1/s1. The molecule has 0 heterocycles. The molecule has 0 aromatic carbocycles. The molecule has 0 aromatic heterocycles. The molecule has 0 bridgehead atoms. The van der Waals surface area contributed by atoms with Gasteiger partial charge in [-0.1, -0.05) is 22.5 Å². The number of carboxylic acid groups (broad SMARTS) is 1. The van der Waals surface area contributed by atoms with Gasteiger partial charge >= 0.3 is 12.0 Å². The first kappa shape index (κ1) is 13.9. The van der Waals surface area contributed by atoms with Gasteiger partial charge in [-0.3, -0.25) is 0 Å². The van der Waals surface area contributed by atoms with Crippen molar-refractivity contribution in [2.45, 2.75) is 19.1 Å². The molecule has 7 heteroatoms. The zero-order valence-corrected chi connectivity index (χ0v) is 9.74. The zero-order valence-electron chi connectivity index (χ0n) is 8.16. The maximum absolute atomic E-state index is 11.1. The van der Waals surface area contributed by atoms with Crippen LogP contribution >= 0.6 is 15.9 Å². The Balaban J connectivity index is 4.12. The smallest absolute Gasteiger partial charge is 0.328 e. The first-order valence-electron chi connectivity index (χ1n) is 4.13. The van der Waals surface area contributed by atoms with Gasteiger partial charge in [0.05, 0.1) is 12.6 Å². The third-order valence-electron chi connectivity index (χ3n) is 1.48. The Morgan fingerprint density at radius 1 is 1.53 bits per heavy atom. The minimum absolute atomic E-state index is 0.179. The second-order valence-electron chi connectivity index (χ2n) is 2.90. The van der Waals surface area contributed by atoms with Crippen molar-refractivity contribution < 1.29 is 19.8 Å². The fraction of sp³-hybridized carbons (Fsp3) is 0.500. The van der Waals surface area contributed by atoms with Gasteiger partial charge in [-0.2, -0.15) is 0 Å². The van der Waals surface area contributed by atoms with Gasteiger partial charge in [-0.15, -0.1) is 0 Å². The summed E-state index contributed by atoms with van der Waals surface area (Å²) in [7, 11) is 0. The minimum atomic E-state index is -1.33. The molecular formula is C8H13BrN2O4. The van der Waals surface area contributed by atoms with Crippen LogP contribution in [0.1, 0.15) is 6.92 Å². The first-order valence-corrected chi connectivity index (χ1v) is 4.92. The summed E-state index contributed by atoms with van der Waals surface area (Å²) in [4.78, 5) is 21.7. The third-order valence-corrected chi connectivity index (χ3v) is 1.76. The Hall–Kier alpha value is -1.08. The van der Waals surface area contributed by atoms with Crippen molar-refractivity contribution in [1.29, 1.82) is 0 Å². The van der Waals surface area contributed by atoms with Crippen LogP contribution in [0.2, 0.25) is 0 Å². The normalized spacial score (nSPS) is 13.8. The van der Waals surface area contributed by atoms with Gasteiger partial charge in [0.1, 0.15) is 0 Å². The van der Waals surface area contributed by atoms with Crippen molar-refractivity contribution in [3.8, 4) is 0 Å². The summed E-state index contributed by atoms with van der Waals surface area (Å²) in [6.07, 6.45) is -1.17. The van der Waals surface area contributed by atoms with Crippen molar-refractivity contribution in [2.24, 2.45) is 0 Å². The molecule has 2 atom stereocenters. The Morgan fingerprint density at radius 3 is 2.40 bits per heavy atom. The van der Waals surface area contributed by atoms with Crippen LogP contribution in [-0.2, 0) is 4.79 Å². The van der Waals surface area contributed by atoms with E-state index < -0.39 is 24.1 Å². The molecule has 86 valence electrons. The molecule has 0 aliphatic heterocycles. The average molecular weight is 281 g/mol. The number of hydrogen-bond donors (Lipinski definition) is 4. The number of aliphatic carboxylic acids is 1. The second-order valence-corrected chi connectivity index (χ2v) is 4.02. The summed E-state index contributed by atoms with van der Waals surface area (Å²) in [5.41, 5.74) is 0. The van der Waals surface area contributed by atoms with Crippen molar-refractivity contribution in [2.75, 3.05) is 6.54 Å². The highest BCUT2D eigenvalue weighted by Gasteiger charge is 2.24. The Bertz CT molecular complexity index is 267. The van der Waals surface area contributed by atoms with E-state index in [0.717, 1.165) is 0 Å². The summed E-state index contributed by atoms with van der Waals surface area (Å²) in [5.74, 6) is -1.29. The fourth-order valence-electron chi connectivity index (χ4n) is 0.757. The molecule has 15 heavy (non-hydrogen) atoms. The quantitative estimate of drug-likeness (QED) is 0.571. The molecule has 6 nitrogen and oxygen atoms in total. The molecule has 0 aromatic rings. The van der Waals surface area contributed by atoms with Crippen molar-refractivity contribution in [3.05, 3.63) is 11.1 Å². The Labute approximate surface area is 95.5 Å². The van der Waals surface area contributed by atoms with E-state index in [1.165, 1.54) is 6.92 Å². The molecule has 4 N–H and O–H groups in total. The predicted molar refractivity (Wildman–Crippen MR) is 57.7 cm³/mol. The van der Waals surface area contributed by atoms with Gasteiger partial charge < -0.3 is 20.8 Å². The van der Waals surface area contributed by atoms with Gasteiger partial charge in [-0.25, -0.2) is 9.59 Å². The maximum atomic E-state index is 11.1. The highest BCUT2D eigenvalue weighted by Crippen LogP contribution is 1.97. The Morgan fingerprint density at radius 2 is 2.07 bits per heavy atom. The molecule has 0 fully saturated rings. The number of urea groups is 1. The van der Waals surface area contributed by atoms with E-state index in [1.807, 2.05) is 0 Å². The molecule has 0 spiro atoms. The van der Waals surface area contributed by atoms with Crippen LogP contribution in [0.5, 0.6) is 0 Å². The van der Waals surface area contributed by atoms with E-state index in [9.17, 15) is 9.59 Å². The number of carbonyl (C=O) groups excluding carboxylic acids is 1. The molecule has 0 saturated heterocycles. The molecular weight excluding hydrogens is 268 g/mol. The monoisotopic (exact) mass is 280 g/mol. The predicted octanol–water partition coefficient (Wildman–Crippen LogP) is 0.0282. The minimum Gasteiger partial charge on any atom is -0.480 e. The van der Waals surface area contributed by atoms with Crippen LogP contribution in [0.3, 0.4) is 0 Å². The van der Waals surface area contributed by atoms with E-state index in [-0.39, 0.29) is 6.54 Å². The van der Waals surface area contributed by atoms with Gasteiger partial charge in [0.2, 0.25) is 0 Å². The summed E-state index contributed by atoms with van der Waals surface area (Å²) >= 11 is 3.02. The highest BCUT2D eigenvalue weighted by molar-refractivity contribution is 9.11. The van der Waals surface area contributed by atoms with Crippen LogP contribution in [0, 0.1) is 0 Å². The number of amides is 2. The van der Waals surface area contributed by atoms with Crippen molar-refractivity contribution in [1.82, 2.24) is 10.6 Å². The number of carboxylic acids is 1. The van der Waals surface area contributed by atoms with Gasteiger partial charge in [0, 0.05) is 4.48 Å². The number of aliphatic hydroxyl groups is 1. The lowest BCUT2D eigenvalue weighted by Crippen LogP contribution is -2.51. The number of rotatable bonds is 5. The zero-order chi connectivity index (χ0) is 12.0. The largest absolute Gasteiger partial charge is 0.480 e. The molecule has 0 radical (unpaired) electrons. The third kappa shape index (κ3) is 6.08. The number of halogens is 1. The summed E-state index contributed by atoms with van der Waals surface area (Å²) in [6, 6.07) is -2.00. The summed E-state index contributed by atoms with van der Waals surface area (Å²) in [5, 5.41) is 22.2. The second kappa shape index (κ2) is 6.41. The summed E-state index contributed by atoms with van der Waals surface area (Å²) < 4.78 is 0.557. The topological polar surface area (TPSA) is 98.7 Å². The number of carbonyl (C=O) groups is 2. The molecule has 0 saturated carbocycles. The lowest BCUT2D eigenvalue weighted by Gasteiger charge is -2.17. The average Bonchev–Trinajstić information content (AvgIpc) is 2.09. The van der Waals surface area contributed by atoms with E-state index in [0.29, 0.717) is 4.48 Å². The van der Waals surface area contributed by atoms with Gasteiger partial charge in [0.25, 0.3) is 0 Å². The fourth-order valence-corrected chi connectivity index (χ4v) is 0.897. The lowest BCUT2D eigenvalue weighted by atomic mass is 10.2.